The minimum absolute atomic E-state index is 0. The Balaban J connectivity index is 0.00000392. The van der Waals surface area contributed by atoms with E-state index in [1.165, 1.54) is 11.1 Å². The molecule has 0 fully saturated rings. The maximum atomic E-state index is 4.73. The number of thioether (sulfide) groups is 1. The predicted molar refractivity (Wildman–Crippen MR) is 131 cm³/mol. The van der Waals surface area contributed by atoms with E-state index in [0.29, 0.717) is 6.54 Å². The summed E-state index contributed by atoms with van der Waals surface area (Å²) < 4.78 is 1.97. The van der Waals surface area contributed by atoms with Crippen molar-refractivity contribution in [1.29, 1.82) is 0 Å². The van der Waals surface area contributed by atoms with E-state index in [2.05, 4.69) is 65.2 Å². The molecule has 1 atom stereocenters. The molecule has 6 nitrogen and oxygen atoms in total. The molecule has 0 bridgehead atoms. The number of rotatable bonds is 9. The van der Waals surface area contributed by atoms with Gasteiger partial charge in [-0.15, -0.1) is 34.2 Å². The van der Waals surface area contributed by atoms with Crippen molar-refractivity contribution in [2.45, 2.75) is 46.2 Å². The van der Waals surface area contributed by atoms with Gasteiger partial charge in [-0.2, -0.15) is 11.8 Å². The van der Waals surface area contributed by atoms with Gasteiger partial charge in [0.25, 0.3) is 0 Å². The number of aromatic nitrogens is 3. The highest BCUT2D eigenvalue weighted by atomic mass is 127. The first-order chi connectivity index (χ1) is 13.0. The Kier molecular flexibility index (Phi) is 11.5. The molecule has 0 saturated carbocycles. The molecule has 0 aliphatic rings. The van der Waals surface area contributed by atoms with Gasteiger partial charge in [0.15, 0.2) is 11.8 Å². The van der Waals surface area contributed by atoms with Crippen molar-refractivity contribution in [2.24, 2.45) is 12.0 Å². The number of nitrogens with one attached hydrogen (secondary N) is 2. The Labute approximate surface area is 190 Å². The number of aliphatic imine (C=N–C) groups is 1. The minimum atomic E-state index is 0. The summed E-state index contributed by atoms with van der Waals surface area (Å²) in [5.74, 6) is 3.70. The van der Waals surface area contributed by atoms with Crippen molar-refractivity contribution in [3.63, 3.8) is 0 Å². The number of hydrogen-bond acceptors (Lipinski definition) is 4. The molecular formula is C20H33IN6S. The minimum Gasteiger partial charge on any atom is -0.356 e. The molecule has 156 valence electrons. The topological polar surface area (TPSA) is 67.1 Å². The second-order valence-corrected chi connectivity index (χ2v) is 7.61. The van der Waals surface area contributed by atoms with Gasteiger partial charge < -0.3 is 15.2 Å². The van der Waals surface area contributed by atoms with Gasteiger partial charge in [-0.05, 0) is 49.8 Å². The van der Waals surface area contributed by atoms with Gasteiger partial charge in [0.2, 0.25) is 0 Å². The molecule has 1 aromatic heterocycles. The van der Waals surface area contributed by atoms with Crippen LogP contribution in [-0.2, 0) is 20.0 Å². The number of halogens is 1. The van der Waals surface area contributed by atoms with Crippen molar-refractivity contribution < 1.29 is 0 Å². The van der Waals surface area contributed by atoms with Crippen LogP contribution in [0.15, 0.2) is 29.3 Å². The third-order valence-electron chi connectivity index (χ3n) is 4.62. The van der Waals surface area contributed by atoms with E-state index < -0.39 is 0 Å². The Morgan fingerprint density at radius 3 is 2.54 bits per heavy atom. The monoisotopic (exact) mass is 516 g/mol. The zero-order valence-corrected chi connectivity index (χ0v) is 20.7. The summed E-state index contributed by atoms with van der Waals surface area (Å²) in [4.78, 5) is 4.73. The average Bonchev–Trinajstić information content (AvgIpc) is 3.01. The second-order valence-electron chi connectivity index (χ2n) is 6.62. The fraction of sp³-hybridized carbons (Fsp3) is 0.550. The van der Waals surface area contributed by atoms with E-state index in [1.807, 2.05) is 30.3 Å². The van der Waals surface area contributed by atoms with Crippen LogP contribution in [0.4, 0.5) is 0 Å². The molecule has 2 N–H and O–H groups in total. The number of hydrogen-bond donors (Lipinski definition) is 2. The molecule has 2 rings (SSSR count). The second kappa shape index (κ2) is 13.0. The summed E-state index contributed by atoms with van der Waals surface area (Å²) in [5.41, 5.74) is 2.60. The lowest BCUT2D eigenvalue weighted by Crippen LogP contribution is -2.39. The molecule has 0 aliphatic carbocycles. The van der Waals surface area contributed by atoms with Crippen LogP contribution in [0, 0.1) is 6.92 Å². The molecule has 1 unspecified atom stereocenters. The lowest BCUT2D eigenvalue weighted by molar-refractivity contribution is 0.673. The maximum absolute atomic E-state index is 4.73. The fourth-order valence-electron chi connectivity index (χ4n) is 2.64. The van der Waals surface area contributed by atoms with Crippen molar-refractivity contribution in [1.82, 2.24) is 25.4 Å². The molecule has 0 saturated heterocycles. The van der Waals surface area contributed by atoms with Gasteiger partial charge >= 0.3 is 0 Å². The van der Waals surface area contributed by atoms with E-state index in [-0.39, 0.29) is 30.0 Å². The molecular weight excluding hydrogens is 483 g/mol. The maximum Gasteiger partial charge on any atom is 0.192 e. The average molecular weight is 516 g/mol. The van der Waals surface area contributed by atoms with Gasteiger partial charge in [-0.3, -0.25) is 0 Å². The van der Waals surface area contributed by atoms with E-state index in [9.17, 15) is 0 Å². The molecule has 28 heavy (non-hydrogen) atoms. The van der Waals surface area contributed by atoms with Crippen LogP contribution in [0.2, 0.25) is 0 Å². The van der Waals surface area contributed by atoms with Crippen LogP contribution in [0.25, 0.3) is 0 Å². The SMILES string of the molecule is CCc1ccc(C(C)NC(=NCc2nnc(C)n2C)NCCCSC)cc1.I. The van der Waals surface area contributed by atoms with Gasteiger partial charge in [-0.25, -0.2) is 4.99 Å². The molecule has 1 heterocycles. The van der Waals surface area contributed by atoms with E-state index in [0.717, 1.165) is 42.7 Å². The third-order valence-corrected chi connectivity index (χ3v) is 5.32. The zero-order valence-electron chi connectivity index (χ0n) is 17.5. The molecule has 1 aromatic carbocycles. The lowest BCUT2D eigenvalue weighted by Gasteiger charge is -2.19. The number of benzene rings is 1. The number of guanidine groups is 1. The van der Waals surface area contributed by atoms with Crippen molar-refractivity contribution in [2.75, 3.05) is 18.6 Å². The quantitative estimate of drug-likeness (QED) is 0.230. The standard InChI is InChI=1S/C20H32N6S.HI/c1-6-17-8-10-18(11-9-17)15(2)23-20(21-12-7-13-27-5)22-14-19-25-24-16(3)26(19)4;/h8-11,15H,6-7,12-14H2,1-5H3,(H2,21,22,23);1H. The highest BCUT2D eigenvalue weighted by molar-refractivity contribution is 14.0. The Morgan fingerprint density at radius 2 is 1.96 bits per heavy atom. The van der Waals surface area contributed by atoms with E-state index in [4.69, 9.17) is 4.99 Å². The summed E-state index contributed by atoms with van der Waals surface area (Å²) in [6.07, 6.45) is 4.29. The van der Waals surface area contributed by atoms with Crippen molar-refractivity contribution in [3.05, 3.63) is 47.0 Å². The molecule has 0 spiro atoms. The highest BCUT2D eigenvalue weighted by Crippen LogP contribution is 2.13. The first-order valence-electron chi connectivity index (χ1n) is 9.52. The largest absolute Gasteiger partial charge is 0.356 e. The molecule has 2 aromatic rings. The number of nitrogens with zero attached hydrogens (tertiary/aromatic N) is 4. The Bertz CT molecular complexity index is 729. The Hall–Kier alpha value is -1.29. The summed E-state index contributed by atoms with van der Waals surface area (Å²) in [6.45, 7) is 7.67. The predicted octanol–water partition coefficient (Wildman–Crippen LogP) is 3.85. The summed E-state index contributed by atoms with van der Waals surface area (Å²) in [6, 6.07) is 8.93. The molecule has 8 heteroatoms. The van der Waals surface area contributed by atoms with Gasteiger partial charge in [0.1, 0.15) is 12.4 Å². The van der Waals surface area contributed by atoms with E-state index >= 15 is 0 Å². The summed E-state index contributed by atoms with van der Waals surface area (Å²) in [7, 11) is 1.97. The molecule has 0 radical (unpaired) electrons. The van der Waals surface area contributed by atoms with Gasteiger partial charge in [0.05, 0.1) is 6.04 Å². The van der Waals surface area contributed by atoms with Crippen LogP contribution in [0.5, 0.6) is 0 Å². The highest BCUT2D eigenvalue weighted by Gasteiger charge is 2.09. The molecule has 0 aliphatic heterocycles. The zero-order chi connectivity index (χ0) is 19.6. The summed E-state index contributed by atoms with van der Waals surface area (Å²) >= 11 is 1.86. The van der Waals surface area contributed by atoms with Crippen LogP contribution < -0.4 is 10.6 Å². The Morgan fingerprint density at radius 1 is 1.25 bits per heavy atom. The van der Waals surface area contributed by atoms with Gasteiger partial charge in [0, 0.05) is 13.6 Å². The lowest BCUT2D eigenvalue weighted by atomic mass is 10.1. The molecule has 0 amide bonds. The first-order valence-corrected chi connectivity index (χ1v) is 10.9. The fourth-order valence-corrected chi connectivity index (χ4v) is 3.08. The van der Waals surface area contributed by atoms with Crippen LogP contribution in [0.3, 0.4) is 0 Å². The summed E-state index contributed by atoms with van der Waals surface area (Å²) in [5, 5.41) is 15.3. The van der Waals surface area contributed by atoms with Crippen molar-refractivity contribution in [3.8, 4) is 0 Å². The number of aryl methyl sites for hydroxylation is 2. The van der Waals surface area contributed by atoms with Crippen LogP contribution >= 0.6 is 35.7 Å². The normalized spacial score (nSPS) is 12.4. The third kappa shape index (κ3) is 7.62. The first kappa shape index (κ1) is 24.7. The van der Waals surface area contributed by atoms with E-state index in [1.54, 1.807) is 0 Å². The van der Waals surface area contributed by atoms with Crippen LogP contribution in [-0.4, -0.2) is 39.3 Å². The smallest absolute Gasteiger partial charge is 0.192 e. The van der Waals surface area contributed by atoms with Gasteiger partial charge in [-0.1, -0.05) is 31.2 Å². The van der Waals surface area contributed by atoms with Crippen molar-refractivity contribution >= 4 is 41.7 Å². The van der Waals surface area contributed by atoms with Crippen LogP contribution in [0.1, 0.15) is 49.1 Å².